The Kier molecular flexibility index (Phi) is 6.72. The highest BCUT2D eigenvalue weighted by Crippen LogP contribution is 2.28. The number of alkyl halides is 2. The minimum atomic E-state index is -2.93. The fraction of sp³-hybridized carbons (Fsp3) is 0.407. The van der Waals surface area contributed by atoms with Gasteiger partial charge in [-0.05, 0) is 30.0 Å². The van der Waals surface area contributed by atoms with Gasteiger partial charge in [0, 0.05) is 43.8 Å². The topological polar surface area (TPSA) is 128 Å². The Bertz CT molecular complexity index is 1700. The number of likely N-dealkylation sites (tertiary alicyclic amines) is 1. The molecule has 2 aliphatic rings. The van der Waals surface area contributed by atoms with Crippen LogP contribution in [-0.4, -0.2) is 75.8 Å². The van der Waals surface area contributed by atoms with Gasteiger partial charge < -0.3 is 10.0 Å². The summed E-state index contributed by atoms with van der Waals surface area (Å²) >= 11 is 0. The second kappa shape index (κ2) is 10.3. The third-order valence-corrected chi connectivity index (χ3v) is 7.88. The number of benzene rings is 1. The molecule has 4 heterocycles. The molecule has 1 amide bonds. The molecule has 6 rings (SSSR count). The Hall–Kier alpha value is -4.33. The molecule has 0 radical (unpaired) electrons. The molecule has 4 aromatic rings. The first-order chi connectivity index (χ1) is 19.6. The van der Waals surface area contributed by atoms with E-state index >= 15 is 0 Å². The smallest absolute Gasteiger partial charge is 0.296 e. The van der Waals surface area contributed by atoms with Crippen molar-refractivity contribution in [2.24, 2.45) is 0 Å². The summed E-state index contributed by atoms with van der Waals surface area (Å²) < 4.78 is 43.8. The lowest BCUT2D eigenvalue weighted by Crippen LogP contribution is -2.50. The van der Waals surface area contributed by atoms with Crippen molar-refractivity contribution in [3.8, 4) is 11.3 Å². The summed E-state index contributed by atoms with van der Waals surface area (Å²) in [5.74, 6) is -1.32. The van der Waals surface area contributed by atoms with Crippen molar-refractivity contribution in [3.05, 3.63) is 70.4 Å². The normalized spacial score (nSPS) is 17.4. The molecule has 41 heavy (non-hydrogen) atoms. The maximum absolute atomic E-state index is 13.5. The number of halogens is 3. The van der Waals surface area contributed by atoms with Crippen molar-refractivity contribution >= 4 is 17.3 Å². The second-order valence-electron chi connectivity index (χ2n) is 10.6. The molecule has 1 saturated heterocycles. The zero-order chi connectivity index (χ0) is 28.9. The van der Waals surface area contributed by atoms with Crippen LogP contribution in [0.25, 0.3) is 16.9 Å². The molecule has 0 saturated carbocycles. The molecule has 214 valence electrons. The Morgan fingerprint density at radius 2 is 1.85 bits per heavy atom. The van der Waals surface area contributed by atoms with Crippen LogP contribution in [-0.2, 0) is 29.0 Å². The molecule has 1 aliphatic heterocycles. The first-order valence-electron chi connectivity index (χ1n) is 13.2. The lowest BCUT2D eigenvalue weighted by Gasteiger charge is -2.38. The molecular formula is C27H26F3N7O4. The molecule has 0 spiro atoms. The van der Waals surface area contributed by atoms with Crippen LogP contribution in [0.5, 0.6) is 0 Å². The number of fused-ring (bicyclic) bond motifs is 2. The Morgan fingerprint density at radius 1 is 1.10 bits per heavy atom. The van der Waals surface area contributed by atoms with E-state index in [1.54, 1.807) is 0 Å². The monoisotopic (exact) mass is 569 g/mol. The first-order valence-corrected chi connectivity index (χ1v) is 13.2. The van der Waals surface area contributed by atoms with Gasteiger partial charge in [-0.1, -0.05) is 12.1 Å². The summed E-state index contributed by atoms with van der Waals surface area (Å²) in [6, 6.07) is 5.00. The maximum atomic E-state index is 13.5. The van der Waals surface area contributed by atoms with E-state index in [9.17, 15) is 32.7 Å². The fourth-order valence-corrected chi connectivity index (χ4v) is 5.58. The lowest BCUT2D eigenvalue weighted by atomic mass is 9.91. The van der Waals surface area contributed by atoms with E-state index in [0.29, 0.717) is 18.5 Å². The molecular weight excluding hydrogens is 543 g/mol. The molecule has 14 heteroatoms. The number of nitrogens with zero attached hydrogens (tertiary/aromatic N) is 7. The molecule has 1 aliphatic carbocycles. The van der Waals surface area contributed by atoms with Gasteiger partial charge in [0.1, 0.15) is 18.2 Å². The third-order valence-electron chi connectivity index (χ3n) is 7.88. The number of aromatic nitrogens is 6. The number of Topliss-reactive ketones (excluding diaryl/α,β-unsaturated/α-hetero) is 1. The summed E-state index contributed by atoms with van der Waals surface area (Å²) in [5, 5.41) is 19.0. The molecule has 0 bridgehead atoms. The summed E-state index contributed by atoms with van der Waals surface area (Å²) in [6.07, 6.45) is 1.44. The van der Waals surface area contributed by atoms with Crippen LogP contribution in [0.4, 0.5) is 13.2 Å². The van der Waals surface area contributed by atoms with Gasteiger partial charge in [0.15, 0.2) is 0 Å². The number of rotatable bonds is 7. The Morgan fingerprint density at radius 3 is 2.56 bits per heavy atom. The van der Waals surface area contributed by atoms with Gasteiger partial charge >= 0.3 is 0 Å². The average Bonchev–Trinajstić information content (AvgIpc) is 3.66. The van der Waals surface area contributed by atoms with E-state index in [4.69, 9.17) is 0 Å². The van der Waals surface area contributed by atoms with Gasteiger partial charge in [-0.25, -0.2) is 18.3 Å². The lowest BCUT2D eigenvalue weighted by molar-refractivity contribution is -0.138. The predicted molar refractivity (Wildman–Crippen MR) is 138 cm³/mol. The van der Waals surface area contributed by atoms with Crippen molar-refractivity contribution in [1.29, 1.82) is 0 Å². The third kappa shape index (κ3) is 5.14. The van der Waals surface area contributed by atoms with Crippen molar-refractivity contribution in [2.75, 3.05) is 13.1 Å². The van der Waals surface area contributed by atoms with E-state index in [0.717, 1.165) is 33.6 Å². The van der Waals surface area contributed by atoms with Crippen molar-refractivity contribution in [3.63, 3.8) is 0 Å². The molecule has 3 aromatic heterocycles. The van der Waals surface area contributed by atoms with Gasteiger partial charge in [-0.15, -0.1) is 5.10 Å². The number of imidazole rings is 1. The van der Waals surface area contributed by atoms with Crippen LogP contribution in [0.1, 0.15) is 36.4 Å². The van der Waals surface area contributed by atoms with Gasteiger partial charge in [-0.2, -0.15) is 9.49 Å². The largest absolute Gasteiger partial charge is 0.388 e. The highest BCUT2D eigenvalue weighted by molar-refractivity contribution is 5.88. The molecule has 1 atom stereocenters. The first kappa shape index (κ1) is 26.9. The number of carbonyl (C=O) groups is 2. The van der Waals surface area contributed by atoms with E-state index in [1.165, 1.54) is 26.5 Å². The second-order valence-corrected chi connectivity index (χ2v) is 10.6. The SMILES string of the molecule is O=C1Cc2ccc(-c3cnc4c(=O)n(CC5(O)CCN(C(=O)CC(C(F)F)n6ccc(F)n6)CC5)cnn34)cc2C1. The standard InChI is InChI=1S/C27H26F3N7O4/c28-22-3-6-36(33-22)20(24(29)30)12-23(39)34-7-4-27(41,5-8-34)14-35-15-32-37-21(13-31-25(37)26(35)40)17-2-1-16-10-19(38)11-18(16)9-17/h1-3,6,9,13,15,20,24,41H,4-5,7-8,10-12,14H2. The van der Waals surface area contributed by atoms with Crippen LogP contribution in [0.2, 0.25) is 0 Å². The minimum Gasteiger partial charge on any atom is -0.388 e. The number of ketones is 1. The number of hydrogen-bond acceptors (Lipinski definition) is 7. The minimum absolute atomic E-state index is 0.0726. The Balaban J connectivity index is 1.13. The van der Waals surface area contributed by atoms with Gasteiger partial charge in [0.05, 0.1) is 30.5 Å². The van der Waals surface area contributed by atoms with Gasteiger partial charge in [-0.3, -0.25) is 23.6 Å². The zero-order valence-corrected chi connectivity index (χ0v) is 21.8. The number of piperidine rings is 1. The van der Waals surface area contributed by atoms with Crippen LogP contribution in [0.15, 0.2) is 47.8 Å². The van der Waals surface area contributed by atoms with Crippen molar-refractivity contribution in [2.45, 2.75) is 56.7 Å². The Labute approximate surface area is 230 Å². The zero-order valence-electron chi connectivity index (χ0n) is 21.8. The van der Waals surface area contributed by atoms with Gasteiger partial charge in [0.2, 0.25) is 17.5 Å². The highest BCUT2D eigenvalue weighted by atomic mass is 19.3. The highest BCUT2D eigenvalue weighted by Gasteiger charge is 2.36. The van der Waals surface area contributed by atoms with E-state index in [2.05, 4.69) is 15.2 Å². The maximum Gasteiger partial charge on any atom is 0.296 e. The van der Waals surface area contributed by atoms with Crippen LogP contribution in [0.3, 0.4) is 0 Å². The molecule has 1 N–H and O–H groups in total. The average molecular weight is 570 g/mol. The molecule has 1 aromatic carbocycles. The quantitative estimate of drug-likeness (QED) is 0.360. The predicted octanol–water partition coefficient (Wildman–Crippen LogP) is 1.81. The van der Waals surface area contributed by atoms with Crippen molar-refractivity contribution in [1.82, 2.24) is 33.8 Å². The number of hydrogen-bond donors (Lipinski definition) is 1. The number of carbonyl (C=O) groups excluding carboxylic acids is 2. The van der Waals surface area contributed by atoms with Crippen molar-refractivity contribution < 1.29 is 27.9 Å². The van der Waals surface area contributed by atoms with E-state index in [-0.39, 0.29) is 43.9 Å². The van der Waals surface area contributed by atoms with Gasteiger partial charge in [0.25, 0.3) is 12.0 Å². The fourth-order valence-electron chi connectivity index (χ4n) is 5.58. The molecule has 1 unspecified atom stereocenters. The summed E-state index contributed by atoms with van der Waals surface area (Å²) in [7, 11) is 0. The summed E-state index contributed by atoms with van der Waals surface area (Å²) in [4.78, 5) is 43.4. The van der Waals surface area contributed by atoms with Crippen LogP contribution < -0.4 is 5.56 Å². The number of amides is 1. The molecule has 11 nitrogen and oxygen atoms in total. The van der Waals surface area contributed by atoms with Crippen LogP contribution in [0, 0.1) is 5.95 Å². The summed E-state index contributed by atoms with van der Waals surface area (Å²) in [6.45, 7) is 0.0990. The van der Waals surface area contributed by atoms with E-state index in [1.807, 2.05) is 18.2 Å². The van der Waals surface area contributed by atoms with E-state index < -0.39 is 41.9 Å². The molecule has 1 fully saturated rings. The number of aliphatic hydroxyl groups is 1. The summed E-state index contributed by atoms with van der Waals surface area (Å²) in [5.41, 5.74) is 1.59. The van der Waals surface area contributed by atoms with Crippen LogP contribution >= 0.6 is 0 Å².